The summed E-state index contributed by atoms with van der Waals surface area (Å²) < 4.78 is 7.20. The van der Waals surface area contributed by atoms with E-state index >= 15 is 0 Å². The van der Waals surface area contributed by atoms with E-state index < -0.39 is 5.60 Å². The fraction of sp³-hybridized carbons (Fsp3) is 0.303. The minimum Gasteiger partial charge on any atom is -0.403 e. The molecule has 7 heteroatoms. The maximum atomic E-state index is 9.43. The second-order valence-electron chi connectivity index (χ2n) is 11.3. The maximum absolute atomic E-state index is 9.43. The molecule has 0 N–H and O–H groups in total. The molecule has 0 saturated heterocycles. The van der Waals surface area contributed by atoms with Crippen molar-refractivity contribution in [1.29, 1.82) is 5.26 Å². The standard InChI is InChI=1S/C33H33ClN4OSi/c1-22-20-24(21-35)16-17-28(22)38-19-18-27(29-30(34)36-23(2)37-31(29)38)33(39-40-32(3,4)5,25-12-8-6-9-13-25)26-14-10-7-11-15-26/h6-17,20,27H,18-19H2,1-5H3. The van der Waals surface area contributed by atoms with Gasteiger partial charge in [0, 0.05) is 23.7 Å². The van der Waals surface area contributed by atoms with Gasteiger partial charge >= 0.3 is 0 Å². The number of fused-ring (bicyclic) bond motifs is 1. The van der Waals surface area contributed by atoms with Gasteiger partial charge in [0.25, 0.3) is 0 Å². The van der Waals surface area contributed by atoms with Crippen LogP contribution in [0, 0.1) is 25.2 Å². The molecule has 202 valence electrons. The molecular formula is C33H33ClN4OSi. The van der Waals surface area contributed by atoms with Crippen LogP contribution >= 0.6 is 11.6 Å². The van der Waals surface area contributed by atoms with E-state index in [4.69, 9.17) is 21.0 Å². The number of aryl methyl sites for hydroxylation is 2. The molecule has 40 heavy (non-hydrogen) atoms. The summed E-state index contributed by atoms with van der Waals surface area (Å²) in [6, 6.07) is 29.0. The molecule has 1 aliphatic heterocycles. The molecule has 4 aromatic rings. The van der Waals surface area contributed by atoms with E-state index in [9.17, 15) is 5.26 Å². The van der Waals surface area contributed by atoms with Crippen LogP contribution in [-0.2, 0) is 10.0 Å². The number of rotatable bonds is 6. The highest BCUT2D eigenvalue weighted by Gasteiger charge is 2.49. The molecular weight excluding hydrogens is 532 g/mol. The van der Waals surface area contributed by atoms with Gasteiger partial charge in [0.1, 0.15) is 22.4 Å². The predicted molar refractivity (Wildman–Crippen MR) is 162 cm³/mol. The summed E-state index contributed by atoms with van der Waals surface area (Å²) in [4.78, 5) is 11.9. The van der Waals surface area contributed by atoms with Gasteiger partial charge in [-0.05, 0) is 60.2 Å². The Kier molecular flexibility index (Phi) is 7.83. The van der Waals surface area contributed by atoms with Gasteiger partial charge in [-0.1, -0.05) is 93.0 Å². The maximum Gasteiger partial charge on any atom is 0.237 e. The molecule has 0 fully saturated rings. The highest BCUT2D eigenvalue weighted by atomic mass is 35.5. The fourth-order valence-electron chi connectivity index (χ4n) is 5.58. The lowest BCUT2D eigenvalue weighted by Crippen LogP contribution is -2.44. The first kappa shape index (κ1) is 28.0. The van der Waals surface area contributed by atoms with E-state index in [1.54, 1.807) is 0 Å². The average molecular weight is 565 g/mol. The first-order valence-electron chi connectivity index (χ1n) is 13.5. The minimum atomic E-state index is -0.808. The zero-order chi connectivity index (χ0) is 28.5. The van der Waals surface area contributed by atoms with Crippen LogP contribution < -0.4 is 4.90 Å². The molecule has 5 nitrogen and oxygen atoms in total. The lowest BCUT2D eigenvalue weighted by molar-refractivity contribution is 0.0733. The van der Waals surface area contributed by atoms with Crippen molar-refractivity contribution in [3.05, 3.63) is 118 Å². The fourth-order valence-corrected chi connectivity index (χ4v) is 6.76. The third kappa shape index (κ3) is 5.30. The first-order chi connectivity index (χ1) is 19.1. The second kappa shape index (κ2) is 11.2. The Morgan fingerprint density at radius 1 is 0.950 bits per heavy atom. The molecule has 1 aromatic heterocycles. The molecule has 1 aliphatic rings. The predicted octanol–water partition coefficient (Wildman–Crippen LogP) is 8.04. The van der Waals surface area contributed by atoms with Crippen molar-refractivity contribution >= 4 is 32.9 Å². The third-order valence-corrected chi connectivity index (χ3v) is 8.59. The average Bonchev–Trinajstić information content (AvgIpc) is 2.94. The number of benzene rings is 3. The zero-order valence-corrected chi connectivity index (χ0v) is 25.3. The van der Waals surface area contributed by atoms with Gasteiger partial charge in [-0.15, -0.1) is 0 Å². The summed E-state index contributed by atoms with van der Waals surface area (Å²) in [6.45, 7) is 11.2. The van der Waals surface area contributed by atoms with E-state index in [2.05, 4.69) is 85.3 Å². The number of nitrogens with zero attached hydrogens (tertiary/aromatic N) is 4. The monoisotopic (exact) mass is 564 g/mol. The highest BCUT2D eigenvalue weighted by Crippen LogP contribution is 2.54. The van der Waals surface area contributed by atoms with Crippen molar-refractivity contribution in [2.24, 2.45) is 0 Å². The van der Waals surface area contributed by atoms with Crippen LogP contribution in [0.15, 0.2) is 78.9 Å². The Morgan fingerprint density at radius 2 is 1.57 bits per heavy atom. The van der Waals surface area contributed by atoms with Gasteiger partial charge in [-0.3, -0.25) is 0 Å². The zero-order valence-electron chi connectivity index (χ0n) is 23.6. The Hall–Kier alpha value is -3.50. The SMILES string of the molecule is Cc1nc(Cl)c2c(n1)N(c1ccc(C#N)cc1C)CCC2C(O[Si]C(C)(C)C)(c1ccccc1)c1ccccc1. The van der Waals surface area contributed by atoms with Gasteiger partial charge in [-0.25, -0.2) is 9.97 Å². The third-order valence-electron chi connectivity index (χ3n) is 7.27. The van der Waals surface area contributed by atoms with Crippen LogP contribution in [0.2, 0.25) is 10.2 Å². The minimum absolute atomic E-state index is 0.0362. The molecule has 0 spiro atoms. The normalized spacial score (nSPS) is 15.4. The quantitative estimate of drug-likeness (QED) is 0.175. The summed E-state index contributed by atoms with van der Waals surface area (Å²) in [5, 5.41) is 9.84. The Balaban J connectivity index is 1.77. The van der Waals surface area contributed by atoms with E-state index in [-0.39, 0.29) is 20.7 Å². The number of halogens is 1. The Bertz CT molecular complexity index is 1510. The smallest absolute Gasteiger partial charge is 0.237 e. The number of anilines is 2. The van der Waals surface area contributed by atoms with Gasteiger partial charge in [-0.2, -0.15) is 5.26 Å². The number of aromatic nitrogens is 2. The van der Waals surface area contributed by atoms with E-state index in [0.717, 1.165) is 40.2 Å². The first-order valence-corrected chi connectivity index (χ1v) is 14.8. The van der Waals surface area contributed by atoms with Gasteiger partial charge in [0.2, 0.25) is 9.76 Å². The number of hydrogen-bond acceptors (Lipinski definition) is 5. The van der Waals surface area contributed by atoms with Crippen molar-refractivity contribution in [3.63, 3.8) is 0 Å². The summed E-state index contributed by atoms with van der Waals surface area (Å²) in [6.07, 6.45) is 0.761. The molecule has 0 aliphatic carbocycles. The van der Waals surface area contributed by atoms with E-state index in [1.807, 2.05) is 44.2 Å². The molecule has 2 radical (unpaired) electrons. The van der Waals surface area contributed by atoms with Crippen LogP contribution in [0.5, 0.6) is 0 Å². The topological polar surface area (TPSA) is 62.0 Å². The van der Waals surface area contributed by atoms with E-state index in [1.165, 1.54) is 0 Å². The van der Waals surface area contributed by atoms with Crippen molar-refractivity contribution in [3.8, 4) is 6.07 Å². The number of nitriles is 1. The molecule has 3 aromatic carbocycles. The lowest BCUT2D eigenvalue weighted by Gasteiger charge is -2.47. The van der Waals surface area contributed by atoms with Gasteiger partial charge < -0.3 is 9.33 Å². The van der Waals surface area contributed by atoms with Crippen LogP contribution in [0.1, 0.15) is 66.8 Å². The summed E-state index contributed by atoms with van der Waals surface area (Å²) in [7, 11) is 0.235. The van der Waals surface area contributed by atoms with E-state index in [0.29, 0.717) is 23.1 Å². The molecule has 2 heterocycles. The van der Waals surface area contributed by atoms with Crippen molar-refractivity contribution in [2.75, 3.05) is 11.4 Å². The molecule has 5 rings (SSSR count). The Labute approximate surface area is 244 Å². The van der Waals surface area contributed by atoms with Crippen LogP contribution in [0.25, 0.3) is 0 Å². The largest absolute Gasteiger partial charge is 0.403 e. The van der Waals surface area contributed by atoms with Crippen LogP contribution in [0.4, 0.5) is 11.5 Å². The molecule has 0 saturated carbocycles. The van der Waals surface area contributed by atoms with Crippen LogP contribution in [-0.4, -0.2) is 26.3 Å². The summed E-state index contributed by atoms with van der Waals surface area (Å²) >= 11 is 7.08. The van der Waals surface area contributed by atoms with Gasteiger partial charge in [0.05, 0.1) is 11.6 Å². The second-order valence-corrected chi connectivity index (χ2v) is 13.6. The highest BCUT2D eigenvalue weighted by molar-refractivity contribution is 6.32. The molecule has 1 atom stereocenters. The number of hydrogen-bond donors (Lipinski definition) is 0. The molecule has 0 amide bonds. The van der Waals surface area contributed by atoms with Gasteiger partial charge in [0.15, 0.2) is 0 Å². The molecule has 1 unspecified atom stereocenters. The van der Waals surface area contributed by atoms with Crippen molar-refractivity contribution < 1.29 is 4.43 Å². The van der Waals surface area contributed by atoms with Crippen molar-refractivity contribution in [2.45, 2.75) is 57.6 Å². The van der Waals surface area contributed by atoms with Crippen molar-refractivity contribution in [1.82, 2.24) is 9.97 Å². The summed E-state index contributed by atoms with van der Waals surface area (Å²) in [5.41, 5.74) is 4.89. The summed E-state index contributed by atoms with van der Waals surface area (Å²) in [5.74, 6) is 1.26. The lowest BCUT2D eigenvalue weighted by atomic mass is 9.70. The Morgan fingerprint density at radius 3 is 2.12 bits per heavy atom. The molecule has 0 bridgehead atoms. The van der Waals surface area contributed by atoms with Crippen LogP contribution in [0.3, 0.4) is 0 Å².